The minimum atomic E-state index is -4.17. The van der Waals surface area contributed by atoms with Gasteiger partial charge in [-0.05, 0) is 24.5 Å². The Kier molecular flexibility index (Phi) is 4.14. The molecule has 0 atom stereocenters. The van der Waals surface area contributed by atoms with Crippen LogP contribution in [0.15, 0.2) is 35.9 Å². The summed E-state index contributed by atoms with van der Waals surface area (Å²) >= 11 is 0. The van der Waals surface area contributed by atoms with Crippen LogP contribution in [0.1, 0.15) is 12.0 Å². The summed E-state index contributed by atoms with van der Waals surface area (Å²) in [5, 5.41) is 0. The van der Waals surface area contributed by atoms with Crippen molar-refractivity contribution in [2.24, 2.45) is 0 Å². The molecule has 0 fully saturated rings. The molecule has 1 heterocycles. The summed E-state index contributed by atoms with van der Waals surface area (Å²) in [6, 6.07) is 7.59. The van der Waals surface area contributed by atoms with E-state index in [9.17, 15) is 13.2 Å². The largest absolute Gasteiger partial charge is 0.412 e. The Hall–Kier alpha value is -1.49. The maximum absolute atomic E-state index is 12.5. The summed E-state index contributed by atoms with van der Waals surface area (Å²) in [7, 11) is 0. The number of hydrogen-bond donors (Lipinski definition) is 1. The van der Waals surface area contributed by atoms with Crippen molar-refractivity contribution in [3.05, 3.63) is 41.5 Å². The molecule has 0 spiro atoms. The highest BCUT2D eigenvalue weighted by Gasteiger charge is 2.34. The van der Waals surface area contributed by atoms with Crippen molar-refractivity contribution < 1.29 is 13.2 Å². The van der Waals surface area contributed by atoms with E-state index in [-0.39, 0.29) is 6.42 Å². The highest BCUT2D eigenvalue weighted by atomic mass is 19.4. The lowest BCUT2D eigenvalue weighted by Crippen LogP contribution is -2.33. The van der Waals surface area contributed by atoms with E-state index in [1.807, 2.05) is 29.2 Å². The second kappa shape index (κ2) is 5.65. The van der Waals surface area contributed by atoms with Gasteiger partial charge in [-0.2, -0.15) is 13.2 Å². The smallest absolute Gasteiger partial charge is 0.399 e. The SMILES string of the molecule is Nc1ccccc1CCN1CC=C(C(F)(F)F)CC1. The van der Waals surface area contributed by atoms with E-state index in [0.29, 0.717) is 13.1 Å². The summed E-state index contributed by atoms with van der Waals surface area (Å²) in [4.78, 5) is 2.02. The van der Waals surface area contributed by atoms with Gasteiger partial charge in [0.25, 0.3) is 0 Å². The van der Waals surface area contributed by atoms with Crippen molar-refractivity contribution in [3.63, 3.8) is 0 Å². The summed E-state index contributed by atoms with van der Waals surface area (Å²) in [6.07, 6.45) is -2.04. The standard InChI is InChI=1S/C14H17F3N2/c15-14(16,17)12-6-9-19(10-7-12)8-5-11-3-1-2-4-13(11)18/h1-4,6H,5,7-10,18H2. The van der Waals surface area contributed by atoms with Gasteiger partial charge in [-0.25, -0.2) is 0 Å². The van der Waals surface area contributed by atoms with Gasteiger partial charge >= 0.3 is 6.18 Å². The van der Waals surface area contributed by atoms with E-state index in [0.717, 1.165) is 24.2 Å². The second-order valence-corrected chi connectivity index (χ2v) is 4.73. The molecule has 0 amide bonds. The lowest BCUT2D eigenvalue weighted by atomic mass is 10.1. The van der Waals surface area contributed by atoms with Gasteiger partial charge in [0.1, 0.15) is 0 Å². The topological polar surface area (TPSA) is 29.3 Å². The maximum Gasteiger partial charge on any atom is 0.412 e. The average Bonchev–Trinajstić information content (AvgIpc) is 2.37. The highest BCUT2D eigenvalue weighted by molar-refractivity contribution is 5.46. The zero-order valence-corrected chi connectivity index (χ0v) is 10.6. The molecule has 0 unspecified atom stereocenters. The van der Waals surface area contributed by atoms with Crippen LogP contribution < -0.4 is 5.73 Å². The first-order valence-electron chi connectivity index (χ1n) is 6.29. The molecular weight excluding hydrogens is 253 g/mol. The fourth-order valence-electron chi connectivity index (χ4n) is 2.21. The summed E-state index contributed by atoms with van der Waals surface area (Å²) in [5.41, 5.74) is 7.23. The van der Waals surface area contributed by atoms with Crippen LogP contribution in [0.4, 0.5) is 18.9 Å². The van der Waals surface area contributed by atoms with Gasteiger partial charge in [0.2, 0.25) is 0 Å². The fourth-order valence-corrected chi connectivity index (χ4v) is 2.21. The third-order valence-electron chi connectivity index (χ3n) is 3.41. The molecule has 2 nitrogen and oxygen atoms in total. The van der Waals surface area contributed by atoms with E-state index in [4.69, 9.17) is 5.73 Å². The number of hydrogen-bond acceptors (Lipinski definition) is 2. The molecule has 1 aliphatic rings. The van der Waals surface area contributed by atoms with Crippen molar-refractivity contribution in [2.75, 3.05) is 25.4 Å². The van der Waals surface area contributed by atoms with Crippen LogP contribution in [0, 0.1) is 0 Å². The van der Waals surface area contributed by atoms with Crippen LogP contribution in [0.5, 0.6) is 0 Å². The van der Waals surface area contributed by atoms with E-state index < -0.39 is 11.7 Å². The Morgan fingerprint density at radius 1 is 1.21 bits per heavy atom. The van der Waals surface area contributed by atoms with Gasteiger partial charge in [-0.3, -0.25) is 4.90 Å². The predicted octanol–water partition coefficient (Wildman–Crippen LogP) is 3.01. The normalized spacial score (nSPS) is 17.3. The molecule has 1 aromatic carbocycles. The third kappa shape index (κ3) is 3.73. The summed E-state index contributed by atoms with van der Waals surface area (Å²) in [5.74, 6) is 0. The molecule has 0 bridgehead atoms. The number of nitrogen functional groups attached to an aromatic ring is 1. The lowest BCUT2D eigenvalue weighted by molar-refractivity contribution is -0.0959. The summed E-state index contributed by atoms with van der Waals surface area (Å²) < 4.78 is 37.4. The Labute approximate surface area is 110 Å². The quantitative estimate of drug-likeness (QED) is 0.676. The number of nitrogens with zero attached hydrogens (tertiary/aromatic N) is 1. The first kappa shape index (κ1) is 13.9. The Morgan fingerprint density at radius 2 is 1.95 bits per heavy atom. The molecule has 2 rings (SSSR count). The Balaban J connectivity index is 1.87. The number of para-hydroxylation sites is 1. The third-order valence-corrected chi connectivity index (χ3v) is 3.41. The van der Waals surface area contributed by atoms with E-state index in [1.54, 1.807) is 0 Å². The second-order valence-electron chi connectivity index (χ2n) is 4.73. The number of anilines is 1. The van der Waals surface area contributed by atoms with Crippen LogP contribution in [-0.2, 0) is 6.42 Å². The number of alkyl halides is 3. The van der Waals surface area contributed by atoms with Crippen LogP contribution in [0.25, 0.3) is 0 Å². The van der Waals surface area contributed by atoms with Crippen molar-refractivity contribution in [3.8, 4) is 0 Å². The molecular formula is C14H17F3N2. The molecule has 1 aromatic rings. The van der Waals surface area contributed by atoms with Crippen molar-refractivity contribution in [1.29, 1.82) is 0 Å². The predicted molar refractivity (Wildman–Crippen MR) is 69.8 cm³/mol. The van der Waals surface area contributed by atoms with Crippen molar-refractivity contribution >= 4 is 5.69 Å². The van der Waals surface area contributed by atoms with Gasteiger partial charge in [0, 0.05) is 30.9 Å². The molecule has 104 valence electrons. The number of benzene rings is 1. The first-order chi connectivity index (χ1) is 8.97. The zero-order valence-electron chi connectivity index (χ0n) is 10.6. The molecule has 0 saturated carbocycles. The van der Waals surface area contributed by atoms with Gasteiger partial charge in [0.05, 0.1) is 0 Å². The fraction of sp³-hybridized carbons (Fsp3) is 0.429. The molecule has 0 aliphatic carbocycles. The van der Waals surface area contributed by atoms with Crippen LogP contribution in [-0.4, -0.2) is 30.7 Å². The molecule has 19 heavy (non-hydrogen) atoms. The van der Waals surface area contributed by atoms with E-state index >= 15 is 0 Å². The number of nitrogens with two attached hydrogens (primary N) is 1. The molecule has 2 N–H and O–H groups in total. The highest BCUT2D eigenvalue weighted by Crippen LogP contribution is 2.30. The monoisotopic (exact) mass is 270 g/mol. The lowest BCUT2D eigenvalue weighted by Gasteiger charge is -2.27. The first-order valence-corrected chi connectivity index (χ1v) is 6.29. The molecule has 1 aliphatic heterocycles. The zero-order chi connectivity index (χ0) is 13.9. The minimum absolute atomic E-state index is 0.0772. The Bertz CT molecular complexity index is 466. The van der Waals surface area contributed by atoms with Crippen LogP contribution >= 0.6 is 0 Å². The van der Waals surface area contributed by atoms with Crippen molar-refractivity contribution in [1.82, 2.24) is 4.90 Å². The molecule has 0 radical (unpaired) electrons. The van der Waals surface area contributed by atoms with E-state index in [1.165, 1.54) is 6.08 Å². The van der Waals surface area contributed by atoms with Crippen molar-refractivity contribution in [2.45, 2.75) is 19.0 Å². The molecule has 0 aromatic heterocycles. The summed E-state index contributed by atoms with van der Waals surface area (Å²) in [6.45, 7) is 1.55. The average molecular weight is 270 g/mol. The van der Waals surface area contributed by atoms with Gasteiger partial charge in [0.15, 0.2) is 0 Å². The Morgan fingerprint density at radius 3 is 2.53 bits per heavy atom. The molecule has 5 heteroatoms. The maximum atomic E-state index is 12.5. The molecule has 0 saturated heterocycles. The van der Waals surface area contributed by atoms with E-state index in [2.05, 4.69) is 0 Å². The minimum Gasteiger partial charge on any atom is -0.399 e. The number of halogens is 3. The number of rotatable bonds is 3. The van der Waals surface area contributed by atoms with Crippen LogP contribution in [0.3, 0.4) is 0 Å². The van der Waals surface area contributed by atoms with Gasteiger partial charge < -0.3 is 5.73 Å². The van der Waals surface area contributed by atoms with Crippen LogP contribution in [0.2, 0.25) is 0 Å². The van der Waals surface area contributed by atoms with Gasteiger partial charge in [-0.1, -0.05) is 24.3 Å². The van der Waals surface area contributed by atoms with Gasteiger partial charge in [-0.15, -0.1) is 0 Å².